The third kappa shape index (κ3) is 4.57. The van der Waals surface area contributed by atoms with E-state index in [1.54, 1.807) is 0 Å². The first-order chi connectivity index (χ1) is 10.1. The van der Waals surface area contributed by atoms with Gasteiger partial charge in [0.15, 0.2) is 0 Å². The maximum Gasteiger partial charge on any atom is 0.320 e. The van der Waals surface area contributed by atoms with Gasteiger partial charge < -0.3 is 20.0 Å². The van der Waals surface area contributed by atoms with E-state index in [2.05, 4.69) is 4.90 Å². The number of aliphatic hydroxyl groups is 1. The molecule has 2 saturated heterocycles. The number of rotatable bonds is 4. The number of piperidine rings is 1. The summed E-state index contributed by atoms with van der Waals surface area (Å²) in [5, 5.41) is 17.9. The third-order valence-corrected chi connectivity index (χ3v) is 4.33. The van der Waals surface area contributed by atoms with Crippen LogP contribution in [0.4, 0.5) is 4.79 Å². The highest BCUT2D eigenvalue weighted by molar-refractivity contribution is 5.74. The molecule has 1 atom stereocenters. The maximum atomic E-state index is 12.4. The minimum Gasteiger partial charge on any atom is -0.481 e. The Hall–Kier alpha value is -1.34. The van der Waals surface area contributed by atoms with E-state index in [0.29, 0.717) is 26.2 Å². The quantitative estimate of drug-likeness (QED) is 0.757. The second kappa shape index (κ2) is 7.61. The molecule has 7 nitrogen and oxygen atoms in total. The van der Waals surface area contributed by atoms with Crippen molar-refractivity contribution >= 4 is 12.0 Å². The van der Waals surface area contributed by atoms with Crippen molar-refractivity contribution < 1.29 is 19.8 Å². The molecule has 2 N–H and O–H groups in total. The van der Waals surface area contributed by atoms with E-state index in [-0.39, 0.29) is 25.0 Å². The minimum atomic E-state index is -0.781. The van der Waals surface area contributed by atoms with Crippen molar-refractivity contribution in [3.63, 3.8) is 0 Å². The molecule has 0 spiro atoms. The van der Waals surface area contributed by atoms with Crippen LogP contribution in [0.25, 0.3) is 0 Å². The van der Waals surface area contributed by atoms with Crippen molar-refractivity contribution in [2.24, 2.45) is 5.92 Å². The second-order valence-corrected chi connectivity index (χ2v) is 5.89. The number of piperazine rings is 1. The number of amides is 2. The van der Waals surface area contributed by atoms with Gasteiger partial charge in [-0.2, -0.15) is 0 Å². The lowest BCUT2D eigenvalue weighted by Gasteiger charge is -2.39. The van der Waals surface area contributed by atoms with E-state index >= 15 is 0 Å². The van der Waals surface area contributed by atoms with E-state index in [1.807, 2.05) is 9.80 Å². The summed E-state index contributed by atoms with van der Waals surface area (Å²) in [6.45, 7) is 4.88. The van der Waals surface area contributed by atoms with E-state index in [9.17, 15) is 14.7 Å². The van der Waals surface area contributed by atoms with Crippen molar-refractivity contribution in [3.8, 4) is 0 Å². The van der Waals surface area contributed by atoms with E-state index < -0.39 is 5.97 Å². The van der Waals surface area contributed by atoms with Gasteiger partial charge in [-0.15, -0.1) is 0 Å². The van der Waals surface area contributed by atoms with Crippen LogP contribution in [0.1, 0.15) is 19.3 Å². The molecular formula is C14H25N3O4. The van der Waals surface area contributed by atoms with Gasteiger partial charge in [-0.1, -0.05) is 0 Å². The molecule has 2 rings (SSSR count). The third-order valence-electron chi connectivity index (χ3n) is 4.33. The smallest absolute Gasteiger partial charge is 0.320 e. The van der Waals surface area contributed by atoms with E-state index in [4.69, 9.17) is 5.11 Å². The summed E-state index contributed by atoms with van der Waals surface area (Å²) in [7, 11) is 0. The average molecular weight is 299 g/mol. The van der Waals surface area contributed by atoms with Crippen LogP contribution < -0.4 is 0 Å². The molecule has 0 radical (unpaired) electrons. The molecule has 21 heavy (non-hydrogen) atoms. The van der Waals surface area contributed by atoms with Gasteiger partial charge in [0.05, 0.1) is 6.42 Å². The fourth-order valence-electron chi connectivity index (χ4n) is 3.00. The van der Waals surface area contributed by atoms with Crippen molar-refractivity contribution in [3.05, 3.63) is 0 Å². The molecule has 0 aromatic heterocycles. The molecule has 7 heteroatoms. The first-order valence-electron chi connectivity index (χ1n) is 7.69. The molecule has 2 aliphatic rings. The number of carbonyl (C=O) groups is 2. The molecule has 2 aliphatic heterocycles. The topological polar surface area (TPSA) is 84.3 Å². The zero-order valence-corrected chi connectivity index (χ0v) is 12.4. The van der Waals surface area contributed by atoms with Gasteiger partial charge in [0.1, 0.15) is 0 Å². The van der Waals surface area contributed by atoms with Crippen LogP contribution in [0.5, 0.6) is 0 Å². The molecular weight excluding hydrogens is 274 g/mol. The summed E-state index contributed by atoms with van der Waals surface area (Å²) in [6, 6.07) is 0.0611. The van der Waals surface area contributed by atoms with E-state index in [1.165, 1.54) is 0 Å². The summed E-state index contributed by atoms with van der Waals surface area (Å²) in [5.74, 6) is -0.573. The fourth-order valence-corrected chi connectivity index (χ4v) is 3.00. The van der Waals surface area contributed by atoms with Crippen LogP contribution in [0.3, 0.4) is 0 Å². The van der Waals surface area contributed by atoms with Gasteiger partial charge in [-0.3, -0.25) is 9.69 Å². The van der Waals surface area contributed by atoms with Gasteiger partial charge in [0, 0.05) is 52.4 Å². The number of hydrogen-bond donors (Lipinski definition) is 2. The highest BCUT2D eigenvalue weighted by Crippen LogP contribution is 2.18. The molecule has 2 fully saturated rings. The number of hydrogen-bond acceptors (Lipinski definition) is 4. The van der Waals surface area contributed by atoms with Gasteiger partial charge in [0.25, 0.3) is 0 Å². The lowest BCUT2D eigenvalue weighted by molar-refractivity contribution is -0.137. The lowest BCUT2D eigenvalue weighted by Crippen LogP contribution is -2.54. The highest BCUT2D eigenvalue weighted by atomic mass is 16.4. The number of aliphatic hydroxyl groups excluding tert-OH is 1. The molecule has 0 saturated carbocycles. The molecule has 0 aliphatic carbocycles. The predicted molar refractivity (Wildman–Crippen MR) is 77.0 cm³/mol. The van der Waals surface area contributed by atoms with Crippen LogP contribution in [0, 0.1) is 5.92 Å². The number of carbonyl (C=O) groups excluding carboxylic acids is 1. The Morgan fingerprint density at radius 1 is 1.05 bits per heavy atom. The number of carboxylic acids is 1. The standard InChI is InChI=1S/C14H25N3O4/c18-11-12-2-1-4-17(10-12)14(21)16-8-6-15(7-9-16)5-3-13(19)20/h12,18H,1-11H2,(H,19,20). The normalized spacial score (nSPS) is 24.1. The number of urea groups is 1. The molecule has 120 valence electrons. The molecule has 1 unspecified atom stereocenters. The van der Waals surface area contributed by atoms with Gasteiger partial charge in [-0.25, -0.2) is 4.79 Å². The summed E-state index contributed by atoms with van der Waals surface area (Å²) in [4.78, 5) is 28.8. The summed E-state index contributed by atoms with van der Waals surface area (Å²) in [6.07, 6.45) is 2.09. The highest BCUT2D eigenvalue weighted by Gasteiger charge is 2.28. The van der Waals surface area contributed by atoms with Crippen LogP contribution in [-0.4, -0.2) is 89.3 Å². The molecule has 0 aromatic rings. The monoisotopic (exact) mass is 299 g/mol. The van der Waals surface area contributed by atoms with E-state index in [0.717, 1.165) is 32.5 Å². The lowest BCUT2D eigenvalue weighted by atomic mass is 9.99. The Balaban J connectivity index is 1.76. The van der Waals surface area contributed by atoms with Crippen LogP contribution in [-0.2, 0) is 4.79 Å². The molecule has 0 aromatic carbocycles. The van der Waals surface area contributed by atoms with Crippen LogP contribution >= 0.6 is 0 Å². The number of carboxylic acid groups (broad SMARTS) is 1. The van der Waals surface area contributed by atoms with Crippen molar-refractivity contribution in [1.29, 1.82) is 0 Å². The molecule has 2 amide bonds. The largest absolute Gasteiger partial charge is 0.481 e. The first kappa shape index (κ1) is 16.0. The zero-order chi connectivity index (χ0) is 15.2. The summed E-state index contributed by atoms with van der Waals surface area (Å²) < 4.78 is 0. The van der Waals surface area contributed by atoms with Crippen molar-refractivity contribution in [1.82, 2.24) is 14.7 Å². The average Bonchev–Trinajstić information content (AvgIpc) is 2.52. The maximum absolute atomic E-state index is 12.4. The fraction of sp³-hybridized carbons (Fsp3) is 0.857. The second-order valence-electron chi connectivity index (χ2n) is 5.89. The minimum absolute atomic E-state index is 0.0611. The Morgan fingerprint density at radius 3 is 2.38 bits per heavy atom. The first-order valence-corrected chi connectivity index (χ1v) is 7.69. The van der Waals surface area contributed by atoms with Crippen molar-refractivity contribution in [2.45, 2.75) is 19.3 Å². The zero-order valence-electron chi connectivity index (χ0n) is 12.4. The Kier molecular flexibility index (Phi) is 5.81. The Bertz CT molecular complexity index is 369. The van der Waals surface area contributed by atoms with Gasteiger partial charge >= 0.3 is 12.0 Å². The number of aliphatic carboxylic acids is 1. The predicted octanol–water partition coefficient (Wildman–Crippen LogP) is -0.0970. The van der Waals surface area contributed by atoms with Crippen molar-refractivity contribution in [2.75, 3.05) is 52.4 Å². The Labute approximate surface area is 125 Å². The van der Waals surface area contributed by atoms with Gasteiger partial charge in [0.2, 0.25) is 0 Å². The summed E-state index contributed by atoms with van der Waals surface area (Å²) >= 11 is 0. The van der Waals surface area contributed by atoms with Gasteiger partial charge in [-0.05, 0) is 18.8 Å². The molecule has 2 heterocycles. The number of nitrogens with zero attached hydrogens (tertiary/aromatic N) is 3. The number of likely N-dealkylation sites (tertiary alicyclic amines) is 1. The molecule has 0 bridgehead atoms. The summed E-state index contributed by atoms with van der Waals surface area (Å²) in [5.41, 5.74) is 0. The van der Waals surface area contributed by atoms with Crippen LogP contribution in [0.15, 0.2) is 0 Å². The van der Waals surface area contributed by atoms with Crippen LogP contribution in [0.2, 0.25) is 0 Å². The Morgan fingerprint density at radius 2 is 1.76 bits per heavy atom. The SMILES string of the molecule is O=C(O)CCN1CCN(C(=O)N2CCCC(CO)C2)CC1.